The lowest BCUT2D eigenvalue weighted by molar-refractivity contribution is -0.362. The Balaban J connectivity index is 1.69. The normalized spacial score (nSPS) is 40.8. The second-order valence-corrected chi connectivity index (χ2v) is 14.4. The van der Waals surface area contributed by atoms with Gasteiger partial charge in [0.05, 0.1) is 18.1 Å². The van der Waals surface area contributed by atoms with Crippen LogP contribution in [0.5, 0.6) is 0 Å². The predicted octanol–water partition coefficient (Wildman–Crippen LogP) is 3.59. The topological polar surface area (TPSA) is 153 Å². The summed E-state index contributed by atoms with van der Waals surface area (Å²) in [5.74, 6) is -3.58. The van der Waals surface area contributed by atoms with Crippen molar-refractivity contribution in [2.75, 3.05) is 6.61 Å². The molecule has 12 heteroatoms. The first-order valence-electron chi connectivity index (χ1n) is 16.3. The number of ether oxygens (including phenoxy) is 7. The average Bonchev–Trinajstić information content (AvgIpc) is 3.43. The first-order valence-corrected chi connectivity index (χ1v) is 16.3. The number of fused-ring (bicyclic) bond motifs is 8. The van der Waals surface area contributed by atoms with E-state index >= 15 is 0 Å². The van der Waals surface area contributed by atoms with E-state index in [2.05, 4.69) is 6.58 Å². The zero-order valence-corrected chi connectivity index (χ0v) is 28.3. The lowest BCUT2D eigenvalue weighted by Crippen LogP contribution is -2.82. The molecule has 1 N–H and O–H groups in total. The molecule has 2 aliphatic heterocycles. The molecule has 4 fully saturated rings. The van der Waals surface area contributed by atoms with E-state index in [9.17, 15) is 24.3 Å². The predicted molar refractivity (Wildman–Crippen MR) is 167 cm³/mol. The summed E-state index contributed by atoms with van der Waals surface area (Å²) in [5, 5.41) is 13.4. The Labute approximate surface area is 279 Å². The zero-order valence-electron chi connectivity index (χ0n) is 28.3. The van der Waals surface area contributed by atoms with Gasteiger partial charge < -0.3 is 38.3 Å². The number of esters is 4. The van der Waals surface area contributed by atoms with Crippen molar-refractivity contribution in [3.8, 4) is 0 Å². The number of aliphatic hydroxyl groups is 1. The van der Waals surface area contributed by atoms with Gasteiger partial charge in [-0.3, -0.25) is 14.4 Å². The fraction of sp³-hybridized carbons (Fsp3) is 0.611. The SMILES string of the molecule is C=CC1O[C@@H]2C3=C(C)[C@@H](OC(C)=O)C[C@@](O)([C@@H](OC(=O)c4ccccc4)[C@@H]4[C@]5(OC(C)=O)CO[C@@H]5C[C@H](OC(C)=O)[C@@]4(C)[C@@H]2O1)C3(C)C. The van der Waals surface area contributed by atoms with Gasteiger partial charge in [0.2, 0.25) is 0 Å². The monoisotopic (exact) mass is 668 g/mol. The third kappa shape index (κ3) is 4.94. The largest absolute Gasteiger partial charge is 0.462 e. The molecule has 5 aliphatic rings. The van der Waals surface area contributed by atoms with Crippen LogP contribution in [0.2, 0.25) is 0 Å². The fourth-order valence-electron chi connectivity index (χ4n) is 9.28. The molecule has 12 nitrogen and oxygen atoms in total. The van der Waals surface area contributed by atoms with E-state index in [1.807, 2.05) is 27.7 Å². The second kappa shape index (κ2) is 11.8. The number of rotatable bonds is 6. The molecule has 260 valence electrons. The molecule has 0 radical (unpaired) electrons. The minimum Gasteiger partial charge on any atom is -0.462 e. The summed E-state index contributed by atoms with van der Waals surface area (Å²) < 4.78 is 43.8. The first-order chi connectivity index (χ1) is 22.5. The molecule has 11 atom stereocenters. The number of hydrogen-bond donors (Lipinski definition) is 1. The van der Waals surface area contributed by atoms with E-state index in [0.29, 0.717) is 11.1 Å². The number of carbonyl (C=O) groups is 4. The summed E-state index contributed by atoms with van der Waals surface area (Å²) in [5.41, 5.74) is -4.52. The van der Waals surface area contributed by atoms with Crippen molar-refractivity contribution in [2.24, 2.45) is 16.7 Å². The van der Waals surface area contributed by atoms with Gasteiger partial charge in [0.15, 0.2) is 11.9 Å². The van der Waals surface area contributed by atoms with Crippen LogP contribution in [0.25, 0.3) is 0 Å². The highest BCUT2D eigenvalue weighted by atomic mass is 16.7. The molecule has 2 bridgehead atoms. The highest BCUT2D eigenvalue weighted by Gasteiger charge is 2.79. The van der Waals surface area contributed by atoms with Crippen LogP contribution in [0.15, 0.2) is 54.1 Å². The Kier molecular flexibility index (Phi) is 8.42. The van der Waals surface area contributed by atoms with E-state index in [4.69, 9.17) is 33.2 Å². The molecular weight excluding hydrogens is 624 g/mol. The summed E-state index contributed by atoms with van der Waals surface area (Å²) in [6.07, 6.45) is -5.37. The third-order valence-electron chi connectivity index (χ3n) is 11.4. The summed E-state index contributed by atoms with van der Waals surface area (Å²) in [4.78, 5) is 52.3. The van der Waals surface area contributed by atoms with Crippen molar-refractivity contribution in [1.29, 1.82) is 0 Å². The molecule has 0 amide bonds. The Morgan fingerprint density at radius 3 is 2.19 bits per heavy atom. The van der Waals surface area contributed by atoms with Crippen molar-refractivity contribution in [1.82, 2.24) is 0 Å². The Morgan fingerprint density at radius 2 is 1.62 bits per heavy atom. The Morgan fingerprint density at radius 1 is 0.958 bits per heavy atom. The van der Waals surface area contributed by atoms with E-state index < -0.39 is 94.7 Å². The van der Waals surface area contributed by atoms with Crippen molar-refractivity contribution in [3.05, 3.63) is 59.7 Å². The van der Waals surface area contributed by atoms with Crippen LogP contribution in [-0.2, 0) is 47.5 Å². The van der Waals surface area contributed by atoms with Gasteiger partial charge >= 0.3 is 23.9 Å². The molecular formula is C36H44O12. The van der Waals surface area contributed by atoms with Crippen LogP contribution in [0, 0.1) is 16.7 Å². The van der Waals surface area contributed by atoms with Gasteiger partial charge in [-0.05, 0) is 36.3 Å². The summed E-state index contributed by atoms with van der Waals surface area (Å²) in [7, 11) is 0. The van der Waals surface area contributed by atoms with Crippen LogP contribution >= 0.6 is 0 Å². The van der Waals surface area contributed by atoms with Crippen LogP contribution in [0.4, 0.5) is 0 Å². The van der Waals surface area contributed by atoms with Gasteiger partial charge in [0.1, 0.15) is 42.2 Å². The maximum atomic E-state index is 14.1. The quantitative estimate of drug-likeness (QED) is 0.268. The number of hydrogen-bond acceptors (Lipinski definition) is 12. The van der Waals surface area contributed by atoms with E-state index in [1.165, 1.54) is 26.8 Å². The number of carbonyl (C=O) groups excluding carboxylic acids is 4. The Hall–Kier alpha value is -3.58. The molecule has 1 unspecified atom stereocenters. The molecule has 48 heavy (non-hydrogen) atoms. The second-order valence-electron chi connectivity index (χ2n) is 14.4. The van der Waals surface area contributed by atoms with Gasteiger partial charge in [-0.25, -0.2) is 4.79 Å². The van der Waals surface area contributed by atoms with Crippen molar-refractivity contribution < 1.29 is 57.4 Å². The minimum atomic E-state index is -1.98. The molecule has 0 aromatic heterocycles. The van der Waals surface area contributed by atoms with Crippen LogP contribution in [-0.4, -0.2) is 89.7 Å². The maximum absolute atomic E-state index is 14.1. The van der Waals surface area contributed by atoms with E-state index in [-0.39, 0.29) is 25.0 Å². The van der Waals surface area contributed by atoms with Crippen molar-refractivity contribution in [3.63, 3.8) is 0 Å². The molecule has 2 saturated heterocycles. The third-order valence-corrected chi connectivity index (χ3v) is 11.4. The molecule has 3 aliphatic carbocycles. The highest BCUT2D eigenvalue weighted by Crippen LogP contribution is 2.67. The highest BCUT2D eigenvalue weighted by molar-refractivity contribution is 5.89. The molecule has 2 saturated carbocycles. The summed E-state index contributed by atoms with van der Waals surface area (Å²) >= 11 is 0. The summed E-state index contributed by atoms with van der Waals surface area (Å²) in [6, 6.07) is 8.33. The first kappa shape index (κ1) is 34.3. The zero-order chi connectivity index (χ0) is 35.0. The van der Waals surface area contributed by atoms with Gasteiger partial charge in [0, 0.05) is 44.4 Å². The standard InChI is InChI=1S/C36H44O12/c1-9-26-45-28-27-18(2)23(43-19(3)37)16-36(41,33(27,6)7)31(47-32(40)22-13-11-10-12-14-22)29-34(8,30(28)46-26)24(44-20(4)38)15-25-35(29,17-42-25)48-21(5)39/h9-14,23-26,28-31,41H,1,15-17H2,2-8H3/t23-,24-,25+,26?,28+,29-,30+,31-,34+,35-,36+/m0/s1. The molecule has 0 spiro atoms. The Bertz CT molecular complexity index is 1550. The van der Waals surface area contributed by atoms with Crippen LogP contribution in [0.3, 0.4) is 0 Å². The fourth-order valence-corrected chi connectivity index (χ4v) is 9.28. The minimum absolute atomic E-state index is 0.0849. The number of benzene rings is 1. The molecule has 1 aromatic rings. The lowest BCUT2D eigenvalue weighted by atomic mass is 9.44. The van der Waals surface area contributed by atoms with Gasteiger partial charge in [-0.1, -0.05) is 45.5 Å². The van der Waals surface area contributed by atoms with Gasteiger partial charge in [-0.15, -0.1) is 0 Å². The van der Waals surface area contributed by atoms with Crippen molar-refractivity contribution in [2.45, 2.75) is 115 Å². The summed E-state index contributed by atoms with van der Waals surface area (Å²) in [6.45, 7) is 15.0. The van der Waals surface area contributed by atoms with Gasteiger partial charge in [0.25, 0.3) is 0 Å². The molecule has 1 aromatic carbocycles. The van der Waals surface area contributed by atoms with E-state index in [1.54, 1.807) is 30.3 Å². The van der Waals surface area contributed by atoms with E-state index in [0.717, 1.165) is 0 Å². The average molecular weight is 669 g/mol. The maximum Gasteiger partial charge on any atom is 0.338 e. The molecule has 6 rings (SSSR count). The van der Waals surface area contributed by atoms with Crippen LogP contribution in [0.1, 0.15) is 71.7 Å². The van der Waals surface area contributed by atoms with Crippen LogP contribution < -0.4 is 0 Å². The molecule has 2 heterocycles. The van der Waals surface area contributed by atoms with Crippen molar-refractivity contribution >= 4 is 23.9 Å². The lowest BCUT2D eigenvalue weighted by Gasteiger charge is -2.69. The smallest absolute Gasteiger partial charge is 0.338 e. The van der Waals surface area contributed by atoms with Gasteiger partial charge in [-0.2, -0.15) is 0 Å².